The predicted octanol–water partition coefficient (Wildman–Crippen LogP) is 0.121. The Morgan fingerprint density at radius 1 is 1.22 bits per heavy atom. The maximum atomic E-state index is 11.3. The first kappa shape index (κ1) is 12.7. The zero-order valence-electron chi connectivity index (χ0n) is 10.2. The summed E-state index contributed by atoms with van der Waals surface area (Å²) in [7, 11) is 0. The van der Waals surface area contributed by atoms with Crippen molar-refractivity contribution in [2.24, 2.45) is 0 Å². The quantitative estimate of drug-likeness (QED) is 0.558. The number of carbonyl (C=O) groups is 3. The SMILES string of the molecule is CC(=O)OC1CC2CC(NC(=O)O2)C1OC(C)=O. The number of carbonyl (C=O) groups excluding carboxylic acids is 3. The smallest absolute Gasteiger partial charge is 0.407 e. The number of esters is 2. The molecular formula is C11H15NO6. The van der Waals surface area contributed by atoms with Gasteiger partial charge in [0.2, 0.25) is 0 Å². The van der Waals surface area contributed by atoms with Crippen molar-refractivity contribution in [3.63, 3.8) is 0 Å². The average molecular weight is 257 g/mol. The normalized spacial score (nSPS) is 34.0. The maximum Gasteiger partial charge on any atom is 0.407 e. The molecule has 0 aromatic carbocycles. The van der Waals surface area contributed by atoms with Gasteiger partial charge in [0, 0.05) is 26.7 Å². The molecule has 2 rings (SSSR count). The molecule has 0 radical (unpaired) electrons. The Kier molecular flexibility index (Phi) is 3.40. The Morgan fingerprint density at radius 2 is 1.89 bits per heavy atom. The van der Waals surface area contributed by atoms with E-state index in [0.717, 1.165) is 0 Å². The summed E-state index contributed by atoms with van der Waals surface area (Å²) < 4.78 is 15.3. The van der Waals surface area contributed by atoms with Crippen molar-refractivity contribution in [1.82, 2.24) is 5.32 Å². The minimum absolute atomic E-state index is 0.306. The Morgan fingerprint density at radius 3 is 2.50 bits per heavy atom. The highest BCUT2D eigenvalue weighted by Gasteiger charge is 2.46. The number of hydrogen-bond donors (Lipinski definition) is 1. The van der Waals surface area contributed by atoms with Crippen molar-refractivity contribution in [3.05, 3.63) is 0 Å². The van der Waals surface area contributed by atoms with E-state index in [1.165, 1.54) is 13.8 Å². The molecule has 1 saturated carbocycles. The van der Waals surface area contributed by atoms with Gasteiger partial charge in [0.1, 0.15) is 12.2 Å². The summed E-state index contributed by atoms with van der Waals surface area (Å²) in [5.74, 6) is -0.931. The molecule has 2 aliphatic rings. The topological polar surface area (TPSA) is 90.9 Å². The molecule has 2 bridgehead atoms. The van der Waals surface area contributed by atoms with Crippen LogP contribution in [0.2, 0.25) is 0 Å². The molecule has 7 nitrogen and oxygen atoms in total. The lowest BCUT2D eigenvalue weighted by molar-refractivity contribution is -0.178. The highest BCUT2D eigenvalue weighted by molar-refractivity contribution is 5.70. The fraction of sp³-hybridized carbons (Fsp3) is 0.727. The summed E-state index contributed by atoms with van der Waals surface area (Å²) in [4.78, 5) is 33.4. The number of hydrogen-bond acceptors (Lipinski definition) is 6. The number of alkyl carbamates (subject to hydrolysis) is 1. The van der Waals surface area contributed by atoms with E-state index in [-0.39, 0.29) is 12.1 Å². The van der Waals surface area contributed by atoms with E-state index >= 15 is 0 Å². The molecule has 100 valence electrons. The van der Waals surface area contributed by atoms with E-state index in [4.69, 9.17) is 14.2 Å². The second kappa shape index (κ2) is 4.83. The number of nitrogens with one attached hydrogen (secondary N) is 1. The molecule has 18 heavy (non-hydrogen) atoms. The van der Waals surface area contributed by atoms with Crippen molar-refractivity contribution in [3.8, 4) is 0 Å². The van der Waals surface area contributed by atoms with E-state index in [1.807, 2.05) is 0 Å². The van der Waals surface area contributed by atoms with Gasteiger partial charge in [-0.2, -0.15) is 0 Å². The van der Waals surface area contributed by atoms with Gasteiger partial charge >= 0.3 is 18.0 Å². The summed E-state index contributed by atoms with van der Waals surface area (Å²) in [5.41, 5.74) is 0. The zero-order chi connectivity index (χ0) is 13.3. The van der Waals surface area contributed by atoms with Crippen LogP contribution in [0.3, 0.4) is 0 Å². The minimum Gasteiger partial charge on any atom is -0.458 e. The van der Waals surface area contributed by atoms with Crippen LogP contribution in [-0.4, -0.2) is 42.4 Å². The fourth-order valence-electron chi connectivity index (χ4n) is 2.42. The van der Waals surface area contributed by atoms with E-state index in [1.54, 1.807) is 0 Å². The molecular weight excluding hydrogens is 242 g/mol. The van der Waals surface area contributed by atoms with E-state index in [2.05, 4.69) is 5.32 Å². The van der Waals surface area contributed by atoms with Crippen molar-refractivity contribution < 1.29 is 28.6 Å². The van der Waals surface area contributed by atoms with Crippen LogP contribution in [0.15, 0.2) is 0 Å². The van der Waals surface area contributed by atoms with Gasteiger partial charge in [0.05, 0.1) is 6.04 Å². The Hall–Kier alpha value is -1.79. The number of amides is 1. The van der Waals surface area contributed by atoms with Gasteiger partial charge in [-0.15, -0.1) is 0 Å². The van der Waals surface area contributed by atoms with Crippen LogP contribution < -0.4 is 5.32 Å². The molecule has 0 spiro atoms. The lowest BCUT2D eigenvalue weighted by Gasteiger charge is -2.43. The van der Waals surface area contributed by atoms with Crippen molar-refractivity contribution >= 4 is 18.0 Å². The molecule has 4 atom stereocenters. The van der Waals surface area contributed by atoms with E-state index in [9.17, 15) is 14.4 Å². The molecule has 7 heteroatoms. The highest BCUT2D eigenvalue weighted by Crippen LogP contribution is 2.30. The molecule has 1 N–H and O–H groups in total. The molecule has 1 amide bonds. The third-order valence-electron chi connectivity index (χ3n) is 2.97. The molecule has 1 aliphatic heterocycles. The predicted molar refractivity (Wildman–Crippen MR) is 57.5 cm³/mol. The van der Waals surface area contributed by atoms with Gasteiger partial charge in [0.15, 0.2) is 6.10 Å². The molecule has 1 saturated heterocycles. The average Bonchev–Trinajstić information content (AvgIpc) is 2.21. The standard InChI is InChI=1S/C11H15NO6/c1-5(13)16-9-4-7-3-8(12-11(15)18-7)10(9)17-6(2)14/h7-10H,3-4H2,1-2H3,(H,12,15). The summed E-state index contributed by atoms with van der Waals surface area (Å²) >= 11 is 0. The second-order valence-electron chi connectivity index (χ2n) is 4.47. The van der Waals surface area contributed by atoms with E-state index < -0.39 is 30.2 Å². The van der Waals surface area contributed by atoms with Crippen LogP contribution in [-0.2, 0) is 23.8 Å². The third kappa shape index (κ3) is 2.72. The summed E-state index contributed by atoms with van der Waals surface area (Å²) in [6, 6.07) is -0.377. The molecule has 1 heterocycles. The van der Waals surface area contributed by atoms with Gasteiger partial charge in [-0.3, -0.25) is 9.59 Å². The first-order chi connectivity index (χ1) is 8.45. The number of rotatable bonds is 2. The van der Waals surface area contributed by atoms with Crippen molar-refractivity contribution in [2.45, 2.75) is 51.0 Å². The zero-order valence-corrected chi connectivity index (χ0v) is 10.2. The monoisotopic (exact) mass is 257 g/mol. The van der Waals surface area contributed by atoms with Crippen LogP contribution >= 0.6 is 0 Å². The largest absolute Gasteiger partial charge is 0.458 e. The van der Waals surface area contributed by atoms with Gasteiger partial charge < -0.3 is 19.5 Å². The van der Waals surface area contributed by atoms with Gasteiger partial charge in [-0.25, -0.2) is 4.79 Å². The Balaban J connectivity index is 2.14. The molecule has 2 fully saturated rings. The number of fused-ring (bicyclic) bond motifs is 2. The van der Waals surface area contributed by atoms with Gasteiger partial charge in [-0.05, 0) is 0 Å². The van der Waals surface area contributed by atoms with Gasteiger partial charge in [0.25, 0.3) is 0 Å². The van der Waals surface area contributed by atoms with Crippen LogP contribution in [0, 0.1) is 0 Å². The molecule has 0 aromatic heterocycles. The van der Waals surface area contributed by atoms with Gasteiger partial charge in [-0.1, -0.05) is 0 Å². The summed E-state index contributed by atoms with van der Waals surface area (Å²) in [5, 5.41) is 2.58. The van der Waals surface area contributed by atoms with Crippen molar-refractivity contribution in [1.29, 1.82) is 0 Å². The lowest BCUT2D eigenvalue weighted by atomic mass is 9.86. The van der Waals surface area contributed by atoms with E-state index in [0.29, 0.717) is 12.8 Å². The first-order valence-corrected chi connectivity index (χ1v) is 5.77. The van der Waals surface area contributed by atoms with Crippen LogP contribution in [0.5, 0.6) is 0 Å². The van der Waals surface area contributed by atoms with Crippen LogP contribution in [0.25, 0.3) is 0 Å². The maximum absolute atomic E-state index is 11.3. The summed E-state index contributed by atoms with van der Waals surface area (Å²) in [6.07, 6.45) is -1.19. The van der Waals surface area contributed by atoms with Crippen LogP contribution in [0.1, 0.15) is 26.7 Å². The Labute approximate surface area is 104 Å². The van der Waals surface area contributed by atoms with Crippen molar-refractivity contribution in [2.75, 3.05) is 0 Å². The second-order valence-corrected chi connectivity index (χ2v) is 4.47. The molecule has 0 aromatic rings. The molecule has 1 aliphatic carbocycles. The summed E-state index contributed by atoms with van der Waals surface area (Å²) in [6.45, 7) is 2.56. The van der Waals surface area contributed by atoms with Crippen LogP contribution in [0.4, 0.5) is 4.79 Å². The third-order valence-corrected chi connectivity index (χ3v) is 2.97. The molecule has 4 unspecified atom stereocenters. The highest BCUT2D eigenvalue weighted by atomic mass is 16.6. The lowest BCUT2D eigenvalue weighted by Crippen LogP contribution is -2.61. The Bertz CT molecular complexity index is 382. The number of ether oxygens (including phenoxy) is 3. The first-order valence-electron chi connectivity index (χ1n) is 5.77. The fourth-order valence-corrected chi connectivity index (χ4v) is 2.42. The minimum atomic E-state index is -0.657.